The molecule has 2 aliphatic rings. The number of fused-ring (bicyclic) bond motifs is 5. The van der Waals surface area contributed by atoms with Gasteiger partial charge in [-0.3, -0.25) is 28.7 Å². The Morgan fingerprint density at radius 3 is 2.35 bits per heavy atom. The van der Waals surface area contributed by atoms with E-state index >= 15 is 0 Å². The summed E-state index contributed by atoms with van der Waals surface area (Å²) >= 11 is 2.55. The Morgan fingerprint density at radius 1 is 0.896 bits per heavy atom. The van der Waals surface area contributed by atoms with Gasteiger partial charge in [0.25, 0.3) is 23.6 Å². The van der Waals surface area contributed by atoms with E-state index in [1.165, 1.54) is 38.3 Å². The first-order valence-corrected chi connectivity index (χ1v) is 17.4. The lowest BCUT2D eigenvalue weighted by atomic mass is 10.0. The zero-order chi connectivity index (χ0) is 33.8. The molecule has 0 saturated carbocycles. The molecule has 0 radical (unpaired) electrons. The molecule has 48 heavy (non-hydrogen) atoms. The van der Waals surface area contributed by atoms with E-state index in [0.29, 0.717) is 35.9 Å². The number of thiazole rings is 2. The lowest BCUT2D eigenvalue weighted by Crippen LogP contribution is -2.43. The maximum absolute atomic E-state index is 13.8. The predicted octanol–water partition coefficient (Wildman–Crippen LogP) is 2.34. The first-order chi connectivity index (χ1) is 23.2. The molecule has 2 aliphatic heterocycles. The molecule has 250 valence electrons. The number of hydrogen-bond acceptors (Lipinski definition) is 10. The van der Waals surface area contributed by atoms with Crippen LogP contribution in [0, 0.1) is 5.92 Å². The summed E-state index contributed by atoms with van der Waals surface area (Å²) in [5.74, 6) is -2.09. The molecule has 14 nitrogen and oxygen atoms in total. The molecule has 0 unspecified atom stereocenters. The van der Waals surface area contributed by atoms with E-state index in [4.69, 9.17) is 0 Å². The topological polar surface area (TPSA) is 180 Å². The Kier molecular flexibility index (Phi) is 9.91. The largest absolute Gasteiger partial charge is 0.351 e. The van der Waals surface area contributed by atoms with E-state index in [0.717, 1.165) is 5.56 Å². The van der Waals surface area contributed by atoms with Crippen LogP contribution in [-0.2, 0) is 17.8 Å². The number of carbonyl (C=O) groups is 5. The van der Waals surface area contributed by atoms with Crippen LogP contribution in [0.2, 0.25) is 0 Å². The van der Waals surface area contributed by atoms with Crippen molar-refractivity contribution < 1.29 is 24.0 Å². The van der Waals surface area contributed by atoms with E-state index in [9.17, 15) is 24.0 Å². The average Bonchev–Trinajstić information content (AvgIpc) is 3.85. The van der Waals surface area contributed by atoms with Gasteiger partial charge in [0.2, 0.25) is 5.91 Å². The van der Waals surface area contributed by atoms with Gasteiger partial charge in [-0.05, 0) is 24.3 Å². The first-order valence-electron chi connectivity index (χ1n) is 15.6. The summed E-state index contributed by atoms with van der Waals surface area (Å²) in [6.07, 6.45) is 0.740. The fourth-order valence-electron chi connectivity index (χ4n) is 5.50. The molecular weight excluding hydrogens is 655 g/mol. The molecule has 0 spiro atoms. The molecule has 0 saturated heterocycles. The van der Waals surface area contributed by atoms with Crippen molar-refractivity contribution in [2.45, 2.75) is 45.3 Å². The van der Waals surface area contributed by atoms with Crippen molar-refractivity contribution in [3.8, 4) is 0 Å². The zero-order valence-electron chi connectivity index (χ0n) is 26.4. The van der Waals surface area contributed by atoms with Gasteiger partial charge in [0, 0.05) is 36.5 Å². The minimum absolute atomic E-state index is 0.0212. The van der Waals surface area contributed by atoms with Gasteiger partial charge in [-0.15, -0.1) is 22.7 Å². The van der Waals surface area contributed by atoms with Crippen molar-refractivity contribution in [3.05, 3.63) is 85.5 Å². The number of rotatable bonds is 4. The van der Waals surface area contributed by atoms with Gasteiger partial charge in [-0.2, -0.15) is 5.10 Å². The fraction of sp³-hybridized carbons (Fsp3) is 0.375. The molecule has 3 aromatic heterocycles. The predicted molar refractivity (Wildman–Crippen MR) is 178 cm³/mol. The minimum atomic E-state index is -0.587. The Hall–Kier alpha value is -4.96. The molecule has 4 aromatic rings. The molecule has 5 amide bonds. The monoisotopic (exact) mass is 689 g/mol. The highest BCUT2D eigenvalue weighted by molar-refractivity contribution is 7.10. The van der Waals surface area contributed by atoms with Crippen molar-refractivity contribution in [2.24, 2.45) is 5.92 Å². The second-order valence-electron chi connectivity index (χ2n) is 11.9. The summed E-state index contributed by atoms with van der Waals surface area (Å²) in [5, 5.41) is 20.4. The van der Waals surface area contributed by atoms with Crippen LogP contribution in [0.15, 0.2) is 47.2 Å². The molecule has 16 heteroatoms. The van der Waals surface area contributed by atoms with Crippen molar-refractivity contribution in [3.63, 3.8) is 0 Å². The van der Waals surface area contributed by atoms with Crippen LogP contribution in [0.25, 0.3) is 0 Å². The molecular formula is C32H35N9O5S2. The smallest absolute Gasteiger partial charge is 0.274 e. The molecule has 4 N–H and O–H groups in total. The van der Waals surface area contributed by atoms with Crippen LogP contribution >= 0.6 is 22.7 Å². The van der Waals surface area contributed by atoms with Gasteiger partial charge in [-0.25, -0.2) is 9.97 Å². The number of amides is 5. The van der Waals surface area contributed by atoms with Gasteiger partial charge >= 0.3 is 0 Å². The number of nitrogens with zero attached hydrogens (tertiary/aromatic N) is 5. The van der Waals surface area contributed by atoms with Crippen LogP contribution in [0.3, 0.4) is 0 Å². The first kappa shape index (κ1) is 33.0. The number of benzene rings is 1. The number of aromatic nitrogens is 4. The third kappa shape index (κ3) is 7.44. The van der Waals surface area contributed by atoms with Crippen LogP contribution in [0.4, 0.5) is 0 Å². The highest BCUT2D eigenvalue weighted by Crippen LogP contribution is 2.27. The summed E-state index contributed by atoms with van der Waals surface area (Å²) in [5.41, 5.74) is 1.69. The lowest BCUT2D eigenvalue weighted by Gasteiger charge is -2.23. The van der Waals surface area contributed by atoms with E-state index in [1.807, 2.05) is 44.2 Å². The van der Waals surface area contributed by atoms with Gasteiger partial charge in [-0.1, -0.05) is 44.2 Å². The van der Waals surface area contributed by atoms with Crippen molar-refractivity contribution in [2.75, 3.05) is 26.2 Å². The Balaban J connectivity index is 1.31. The maximum atomic E-state index is 13.8. The van der Waals surface area contributed by atoms with Gasteiger partial charge in [0.05, 0.1) is 25.2 Å². The third-order valence-corrected chi connectivity index (χ3v) is 9.88. The second-order valence-corrected chi connectivity index (χ2v) is 13.7. The van der Waals surface area contributed by atoms with E-state index < -0.39 is 29.8 Å². The highest BCUT2D eigenvalue weighted by Gasteiger charge is 2.29. The fourth-order valence-corrected chi connectivity index (χ4v) is 7.37. The quantitative estimate of drug-likeness (QED) is 0.252. The van der Waals surface area contributed by atoms with Gasteiger partial charge in [0.15, 0.2) is 5.69 Å². The summed E-state index contributed by atoms with van der Waals surface area (Å²) in [6.45, 7) is 4.77. The second kappa shape index (κ2) is 14.4. The molecule has 6 rings (SSSR count). The highest BCUT2D eigenvalue weighted by atomic mass is 32.1. The van der Waals surface area contributed by atoms with Crippen molar-refractivity contribution >= 4 is 52.2 Å². The molecule has 4 bridgehead atoms. The standard InChI is InChI=1S/C32H35N9O5S2/c1-18(2)26-31-37-22(16-48-31)27(43)33-9-6-11-40(32(46)21-14-24-29(45)34-10-12-41(24)39-21)15-25(42)35-20(13-19-7-4-3-5-8-19)30-36-23(17-47-30)28(44)38-26/h3-5,7-8,14,16-18,20,26H,6,9-13,15H2,1-2H3,(H,33,43)(H,34,45)(H,35,42)(H,38,44)/t20-,26-/m0/s1. The van der Waals surface area contributed by atoms with Gasteiger partial charge in [0.1, 0.15) is 27.1 Å². The van der Waals surface area contributed by atoms with E-state index in [1.54, 1.807) is 10.8 Å². The Morgan fingerprint density at radius 2 is 1.60 bits per heavy atom. The van der Waals surface area contributed by atoms with Crippen LogP contribution in [0.5, 0.6) is 0 Å². The SMILES string of the molecule is CC(C)[C@@H]1NC(=O)c2csc(n2)[C@H](Cc2ccccc2)NC(=O)CN(C(=O)c2cc3n(n2)CCNC3=O)CCCNC(=O)c2csc1n2. The maximum Gasteiger partial charge on any atom is 0.274 e. The van der Waals surface area contributed by atoms with Crippen LogP contribution in [0.1, 0.15) is 89.9 Å². The number of hydrogen-bond donors (Lipinski definition) is 4. The van der Waals surface area contributed by atoms with E-state index in [2.05, 4.69) is 36.3 Å². The molecule has 1 aromatic carbocycles. The minimum Gasteiger partial charge on any atom is -0.351 e. The van der Waals surface area contributed by atoms with Crippen molar-refractivity contribution in [1.82, 2.24) is 45.9 Å². The summed E-state index contributed by atoms with van der Waals surface area (Å²) in [7, 11) is 0. The zero-order valence-corrected chi connectivity index (χ0v) is 28.0. The molecule has 0 fully saturated rings. The average molecular weight is 690 g/mol. The Bertz CT molecular complexity index is 1830. The molecule has 2 atom stereocenters. The summed E-state index contributed by atoms with van der Waals surface area (Å²) in [4.78, 5) is 76.6. The number of nitrogens with one attached hydrogen (secondary N) is 4. The van der Waals surface area contributed by atoms with E-state index in [-0.39, 0.29) is 60.1 Å². The summed E-state index contributed by atoms with van der Waals surface area (Å²) in [6, 6.07) is 9.99. The number of carbonyl (C=O) groups excluding carboxylic acids is 5. The third-order valence-electron chi connectivity index (χ3n) is 8.00. The normalized spacial score (nSPS) is 19.3. The van der Waals surface area contributed by atoms with Crippen LogP contribution in [-0.4, -0.2) is 80.4 Å². The molecule has 0 aliphatic carbocycles. The molecule has 5 heterocycles. The van der Waals surface area contributed by atoms with Gasteiger partial charge < -0.3 is 26.2 Å². The lowest BCUT2D eigenvalue weighted by molar-refractivity contribution is -0.122. The van der Waals surface area contributed by atoms with Crippen molar-refractivity contribution in [1.29, 1.82) is 0 Å². The summed E-state index contributed by atoms with van der Waals surface area (Å²) < 4.78 is 1.48. The van der Waals surface area contributed by atoms with Crippen LogP contribution < -0.4 is 21.3 Å². The Labute approximate surface area is 284 Å².